The van der Waals surface area contributed by atoms with Gasteiger partial charge in [0.15, 0.2) is 0 Å². The van der Waals surface area contributed by atoms with Crippen LogP contribution in [0.15, 0.2) is 24.3 Å². The van der Waals surface area contributed by atoms with Crippen molar-refractivity contribution in [3.8, 4) is 0 Å². The van der Waals surface area contributed by atoms with E-state index in [0.717, 1.165) is 36.4 Å². The van der Waals surface area contributed by atoms with Gasteiger partial charge in [0.1, 0.15) is 5.82 Å². The van der Waals surface area contributed by atoms with E-state index in [1.165, 1.54) is 24.4 Å². The van der Waals surface area contributed by atoms with Gasteiger partial charge in [-0.3, -0.25) is 4.90 Å². The molecule has 2 aliphatic rings. The first-order valence-corrected chi connectivity index (χ1v) is 7.10. The maximum Gasteiger partial charge on any atom is 0.123 e. The summed E-state index contributed by atoms with van der Waals surface area (Å²) in [5.41, 5.74) is 8.09. The molecule has 4 rings (SSSR count). The summed E-state index contributed by atoms with van der Waals surface area (Å²) in [6.45, 7) is 4.25. The zero-order valence-electron chi connectivity index (χ0n) is 11.3. The lowest BCUT2D eigenvalue weighted by Crippen LogP contribution is -2.27. The van der Waals surface area contributed by atoms with Crippen molar-refractivity contribution in [3.05, 3.63) is 30.1 Å². The van der Waals surface area contributed by atoms with Crippen LogP contribution in [0.3, 0.4) is 0 Å². The zero-order valence-corrected chi connectivity index (χ0v) is 11.3. The summed E-state index contributed by atoms with van der Waals surface area (Å²) >= 11 is 0. The van der Waals surface area contributed by atoms with E-state index in [1.807, 2.05) is 0 Å². The number of imidazole rings is 1. The Morgan fingerprint density at radius 3 is 2.68 bits per heavy atom. The average Bonchev–Trinajstić information content (AvgIpc) is 2.77. The van der Waals surface area contributed by atoms with Gasteiger partial charge in [-0.05, 0) is 36.4 Å². The van der Waals surface area contributed by atoms with Gasteiger partial charge in [0.05, 0.1) is 17.6 Å². The molecule has 100 valence electrons. The van der Waals surface area contributed by atoms with Crippen molar-refractivity contribution in [1.82, 2.24) is 14.5 Å². The summed E-state index contributed by atoms with van der Waals surface area (Å²) in [5.74, 6) is 3.70. The Morgan fingerprint density at radius 2 is 2.00 bits per heavy atom. The lowest BCUT2D eigenvalue weighted by atomic mass is 10.2. The van der Waals surface area contributed by atoms with Crippen molar-refractivity contribution < 1.29 is 0 Å². The van der Waals surface area contributed by atoms with Crippen molar-refractivity contribution in [1.29, 1.82) is 0 Å². The van der Waals surface area contributed by atoms with Gasteiger partial charge in [-0.1, -0.05) is 12.1 Å². The van der Waals surface area contributed by atoms with E-state index in [9.17, 15) is 0 Å². The van der Waals surface area contributed by atoms with Crippen LogP contribution in [0.1, 0.15) is 5.82 Å². The lowest BCUT2D eigenvalue weighted by Gasteiger charge is -2.18. The van der Waals surface area contributed by atoms with Gasteiger partial charge in [0, 0.05) is 20.1 Å². The van der Waals surface area contributed by atoms with E-state index < -0.39 is 0 Å². The third-order valence-corrected chi connectivity index (χ3v) is 4.96. The highest BCUT2D eigenvalue weighted by molar-refractivity contribution is 5.75. The molecule has 1 aromatic heterocycles. The summed E-state index contributed by atoms with van der Waals surface area (Å²) in [5, 5.41) is 0. The van der Waals surface area contributed by atoms with Gasteiger partial charge in [0.2, 0.25) is 0 Å². The second-order valence-corrected chi connectivity index (χ2v) is 6.00. The monoisotopic (exact) mass is 256 g/mol. The summed E-state index contributed by atoms with van der Waals surface area (Å²) in [7, 11) is 2.12. The van der Waals surface area contributed by atoms with Gasteiger partial charge in [-0.2, -0.15) is 0 Å². The van der Waals surface area contributed by atoms with Crippen molar-refractivity contribution in [2.75, 3.05) is 19.6 Å². The Morgan fingerprint density at radius 1 is 1.26 bits per heavy atom. The number of likely N-dealkylation sites (tertiary alicyclic amines) is 1. The minimum Gasteiger partial charge on any atom is -0.330 e. The number of aromatic nitrogens is 2. The van der Waals surface area contributed by atoms with Crippen LogP contribution in [0, 0.1) is 17.8 Å². The predicted octanol–water partition coefficient (Wildman–Crippen LogP) is 1.21. The number of benzene rings is 1. The molecule has 1 aliphatic carbocycles. The van der Waals surface area contributed by atoms with E-state index in [4.69, 9.17) is 10.7 Å². The van der Waals surface area contributed by atoms with Gasteiger partial charge >= 0.3 is 0 Å². The fourth-order valence-electron chi connectivity index (χ4n) is 3.75. The molecule has 1 aromatic carbocycles. The molecular weight excluding hydrogens is 236 g/mol. The molecular formula is C15H20N4. The largest absolute Gasteiger partial charge is 0.330 e. The second-order valence-electron chi connectivity index (χ2n) is 6.00. The molecule has 4 heteroatoms. The summed E-state index contributed by atoms with van der Waals surface area (Å²) < 4.78 is 2.22. The Kier molecular flexibility index (Phi) is 2.44. The highest BCUT2D eigenvalue weighted by Crippen LogP contribution is 2.51. The van der Waals surface area contributed by atoms with E-state index >= 15 is 0 Å². The van der Waals surface area contributed by atoms with Crippen LogP contribution in [0.4, 0.5) is 0 Å². The SMILES string of the molecule is Cn1c(CN2CC3C(CN)C3C2)nc2ccccc21. The van der Waals surface area contributed by atoms with E-state index in [1.54, 1.807) is 0 Å². The molecule has 4 nitrogen and oxygen atoms in total. The Hall–Kier alpha value is -1.39. The molecule has 1 saturated carbocycles. The molecule has 2 fully saturated rings. The molecule has 2 unspecified atom stereocenters. The number of hydrogen-bond acceptors (Lipinski definition) is 3. The molecule has 0 spiro atoms. The lowest BCUT2D eigenvalue weighted by molar-refractivity contribution is 0.270. The molecule has 19 heavy (non-hydrogen) atoms. The van der Waals surface area contributed by atoms with Crippen LogP contribution in [-0.2, 0) is 13.6 Å². The fourth-order valence-corrected chi connectivity index (χ4v) is 3.75. The average molecular weight is 256 g/mol. The summed E-state index contributed by atoms with van der Waals surface area (Å²) in [4.78, 5) is 7.28. The van der Waals surface area contributed by atoms with Crippen molar-refractivity contribution in [3.63, 3.8) is 0 Å². The summed E-state index contributed by atoms with van der Waals surface area (Å²) in [6, 6.07) is 8.35. The van der Waals surface area contributed by atoms with E-state index in [0.29, 0.717) is 0 Å². The number of nitrogens with two attached hydrogens (primary N) is 1. The van der Waals surface area contributed by atoms with Crippen molar-refractivity contribution in [2.45, 2.75) is 6.54 Å². The molecule has 1 aliphatic heterocycles. The first-order valence-electron chi connectivity index (χ1n) is 7.10. The number of rotatable bonds is 3. The number of para-hydroxylation sites is 2. The summed E-state index contributed by atoms with van der Waals surface area (Å²) in [6.07, 6.45) is 0. The van der Waals surface area contributed by atoms with Crippen LogP contribution in [0.25, 0.3) is 11.0 Å². The first-order chi connectivity index (χ1) is 9.28. The van der Waals surface area contributed by atoms with Crippen LogP contribution >= 0.6 is 0 Å². The Labute approximate surface area is 113 Å². The fraction of sp³-hybridized carbons (Fsp3) is 0.533. The number of hydrogen-bond donors (Lipinski definition) is 1. The Balaban J connectivity index is 1.52. The Bertz CT molecular complexity index is 606. The van der Waals surface area contributed by atoms with Crippen LogP contribution in [0.5, 0.6) is 0 Å². The normalized spacial score (nSPS) is 29.9. The van der Waals surface area contributed by atoms with Gasteiger partial charge in [-0.25, -0.2) is 4.98 Å². The highest BCUT2D eigenvalue weighted by atomic mass is 15.2. The van der Waals surface area contributed by atoms with Crippen LogP contribution in [-0.4, -0.2) is 34.1 Å². The zero-order chi connectivity index (χ0) is 13.0. The molecule has 2 N–H and O–H groups in total. The van der Waals surface area contributed by atoms with Crippen LogP contribution < -0.4 is 5.73 Å². The standard InChI is InChI=1S/C15H20N4/c1-18-14-5-3-2-4-13(14)17-15(18)9-19-7-11-10(6-16)12(11)8-19/h2-5,10-12H,6-9,16H2,1H3. The number of fused-ring (bicyclic) bond motifs is 2. The second kappa shape index (κ2) is 4.05. The minimum absolute atomic E-state index is 0.802. The van der Waals surface area contributed by atoms with Gasteiger partial charge in [0.25, 0.3) is 0 Å². The molecule has 0 radical (unpaired) electrons. The minimum atomic E-state index is 0.802. The number of piperidine rings is 1. The van der Waals surface area contributed by atoms with E-state index in [-0.39, 0.29) is 0 Å². The van der Waals surface area contributed by atoms with Gasteiger partial charge in [-0.15, -0.1) is 0 Å². The first kappa shape index (κ1) is 11.4. The number of aryl methyl sites for hydroxylation is 1. The molecule has 2 atom stereocenters. The van der Waals surface area contributed by atoms with Crippen molar-refractivity contribution >= 4 is 11.0 Å². The molecule has 1 saturated heterocycles. The number of nitrogens with zero attached hydrogens (tertiary/aromatic N) is 3. The van der Waals surface area contributed by atoms with Crippen LogP contribution in [0.2, 0.25) is 0 Å². The van der Waals surface area contributed by atoms with E-state index in [2.05, 4.69) is 40.8 Å². The quantitative estimate of drug-likeness (QED) is 0.898. The maximum absolute atomic E-state index is 5.76. The highest BCUT2D eigenvalue weighted by Gasteiger charge is 2.54. The van der Waals surface area contributed by atoms with Gasteiger partial charge < -0.3 is 10.3 Å². The molecule has 0 bridgehead atoms. The molecule has 2 heterocycles. The topological polar surface area (TPSA) is 47.1 Å². The van der Waals surface area contributed by atoms with Crippen molar-refractivity contribution in [2.24, 2.45) is 30.5 Å². The smallest absolute Gasteiger partial charge is 0.123 e. The third kappa shape index (κ3) is 1.70. The third-order valence-electron chi connectivity index (χ3n) is 4.96. The molecule has 2 aromatic rings. The molecule has 0 amide bonds. The maximum atomic E-state index is 5.76. The predicted molar refractivity (Wildman–Crippen MR) is 75.5 cm³/mol.